The molecule has 3 aromatic rings. The average Bonchev–Trinajstić information content (AvgIpc) is 2.95. The van der Waals surface area contributed by atoms with Crippen molar-refractivity contribution in [3.05, 3.63) is 64.4 Å². The number of nitrogens with zero attached hydrogens (tertiary/aromatic N) is 2. The topological polar surface area (TPSA) is 54.9 Å². The molecule has 0 saturated heterocycles. The predicted octanol–water partition coefficient (Wildman–Crippen LogP) is 3.67. The molecule has 3 rings (SSSR count). The number of carbonyl (C=O) groups is 1. The molecule has 22 heavy (non-hydrogen) atoms. The van der Waals surface area contributed by atoms with Crippen LogP contribution in [0.4, 0.5) is 0 Å². The maximum atomic E-state index is 11.8. The lowest BCUT2D eigenvalue weighted by molar-refractivity contribution is -0.116. The number of nitrogens with one attached hydrogen (secondary N) is 1. The zero-order valence-electron chi connectivity index (χ0n) is 11.5. The summed E-state index contributed by atoms with van der Waals surface area (Å²) < 4.78 is 1.11. The van der Waals surface area contributed by atoms with Gasteiger partial charge in [0.05, 0.1) is 10.2 Å². The first-order chi connectivity index (χ1) is 10.7. The molecular weight excluding hydrogens is 318 g/mol. The van der Waals surface area contributed by atoms with Gasteiger partial charge in [-0.3, -0.25) is 4.79 Å². The van der Waals surface area contributed by atoms with Crippen LogP contribution >= 0.6 is 22.9 Å². The summed E-state index contributed by atoms with van der Waals surface area (Å²) in [6, 6.07) is 11.4. The Morgan fingerprint density at radius 3 is 2.91 bits per heavy atom. The lowest BCUT2D eigenvalue weighted by Gasteiger charge is -2.01. The fourth-order valence-corrected chi connectivity index (χ4v) is 2.85. The van der Waals surface area contributed by atoms with Crippen LogP contribution in [-0.2, 0) is 11.3 Å². The molecule has 0 spiro atoms. The number of aromatic nitrogens is 2. The zero-order valence-corrected chi connectivity index (χ0v) is 13.1. The molecule has 0 saturated carbocycles. The number of hydrogen-bond acceptors (Lipinski definition) is 4. The van der Waals surface area contributed by atoms with E-state index < -0.39 is 0 Å². The number of para-hydroxylation sites is 1. The molecule has 1 aromatic carbocycles. The van der Waals surface area contributed by atoms with E-state index in [2.05, 4.69) is 15.3 Å². The van der Waals surface area contributed by atoms with Gasteiger partial charge in [0.15, 0.2) is 0 Å². The first-order valence-electron chi connectivity index (χ1n) is 6.62. The molecule has 0 aliphatic carbocycles. The maximum Gasteiger partial charge on any atom is 0.244 e. The van der Waals surface area contributed by atoms with Crippen molar-refractivity contribution in [3.63, 3.8) is 0 Å². The Labute approximate surface area is 136 Å². The van der Waals surface area contributed by atoms with Crippen LogP contribution in [0.25, 0.3) is 16.3 Å². The molecule has 2 aromatic heterocycles. The SMILES string of the molecule is O=C(C=Cc1nc2ccccc2s1)NCc1ccc(Cl)nc1. The minimum absolute atomic E-state index is 0.172. The highest BCUT2D eigenvalue weighted by Crippen LogP contribution is 2.22. The van der Waals surface area contributed by atoms with E-state index in [1.807, 2.05) is 30.3 Å². The third-order valence-corrected chi connectivity index (χ3v) is 4.17. The monoisotopic (exact) mass is 329 g/mol. The number of halogens is 1. The van der Waals surface area contributed by atoms with E-state index in [0.717, 1.165) is 20.8 Å². The molecule has 0 aliphatic rings. The van der Waals surface area contributed by atoms with Crippen LogP contribution in [-0.4, -0.2) is 15.9 Å². The summed E-state index contributed by atoms with van der Waals surface area (Å²) in [6.07, 6.45) is 4.85. The minimum Gasteiger partial charge on any atom is -0.348 e. The molecule has 0 atom stereocenters. The Bertz CT molecular complexity index is 794. The van der Waals surface area contributed by atoms with Crippen LogP contribution in [0.5, 0.6) is 0 Å². The van der Waals surface area contributed by atoms with E-state index in [4.69, 9.17) is 11.6 Å². The summed E-state index contributed by atoms with van der Waals surface area (Å²) in [7, 11) is 0. The van der Waals surface area contributed by atoms with E-state index in [1.165, 1.54) is 6.08 Å². The second kappa shape index (κ2) is 6.68. The van der Waals surface area contributed by atoms with E-state index in [0.29, 0.717) is 11.7 Å². The first-order valence-corrected chi connectivity index (χ1v) is 7.82. The molecule has 0 aliphatic heterocycles. The highest BCUT2D eigenvalue weighted by atomic mass is 35.5. The maximum absolute atomic E-state index is 11.8. The Kier molecular flexibility index (Phi) is 4.46. The average molecular weight is 330 g/mol. The molecule has 0 unspecified atom stereocenters. The van der Waals surface area contributed by atoms with Gasteiger partial charge in [-0.25, -0.2) is 9.97 Å². The molecule has 0 bridgehead atoms. The molecule has 0 radical (unpaired) electrons. The third-order valence-electron chi connectivity index (χ3n) is 2.94. The summed E-state index contributed by atoms with van der Waals surface area (Å²) in [4.78, 5) is 20.2. The Hall–Kier alpha value is -2.24. The van der Waals surface area contributed by atoms with Gasteiger partial charge in [0.25, 0.3) is 0 Å². The zero-order chi connectivity index (χ0) is 15.4. The van der Waals surface area contributed by atoms with Crippen LogP contribution < -0.4 is 5.32 Å². The van der Waals surface area contributed by atoms with Crippen LogP contribution in [0.2, 0.25) is 5.15 Å². The van der Waals surface area contributed by atoms with Crippen LogP contribution in [0.15, 0.2) is 48.7 Å². The molecule has 0 fully saturated rings. The van der Waals surface area contributed by atoms with Crippen molar-refractivity contribution >= 4 is 45.1 Å². The van der Waals surface area contributed by atoms with Gasteiger partial charge in [-0.2, -0.15) is 0 Å². The van der Waals surface area contributed by atoms with Crippen molar-refractivity contribution in [3.8, 4) is 0 Å². The van der Waals surface area contributed by atoms with Gasteiger partial charge in [0, 0.05) is 18.8 Å². The van der Waals surface area contributed by atoms with Crippen molar-refractivity contribution in [2.45, 2.75) is 6.54 Å². The molecule has 1 amide bonds. The fraction of sp³-hybridized carbons (Fsp3) is 0.0625. The number of benzene rings is 1. The Morgan fingerprint density at radius 1 is 1.27 bits per heavy atom. The third kappa shape index (κ3) is 3.69. The largest absolute Gasteiger partial charge is 0.348 e. The molecule has 6 heteroatoms. The number of amides is 1. The van der Waals surface area contributed by atoms with Crippen LogP contribution in [0.3, 0.4) is 0 Å². The molecule has 110 valence electrons. The normalized spacial score (nSPS) is 11.1. The van der Waals surface area contributed by atoms with E-state index in [1.54, 1.807) is 29.7 Å². The van der Waals surface area contributed by atoms with Crippen molar-refractivity contribution in [1.29, 1.82) is 0 Å². The molecule has 4 nitrogen and oxygen atoms in total. The van der Waals surface area contributed by atoms with Gasteiger partial charge in [-0.15, -0.1) is 11.3 Å². The van der Waals surface area contributed by atoms with E-state index >= 15 is 0 Å². The summed E-state index contributed by atoms with van der Waals surface area (Å²) in [5.41, 5.74) is 1.84. The van der Waals surface area contributed by atoms with Gasteiger partial charge in [-0.1, -0.05) is 29.8 Å². The lowest BCUT2D eigenvalue weighted by Crippen LogP contribution is -2.20. The summed E-state index contributed by atoms with van der Waals surface area (Å²) in [5.74, 6) is -0.172. The van der Waals surface area contributed by atoms with Crippen LogP contribution in [0, 0.1) is 0 Å². The lowest BCUT2D eigenvalue weighted by atomic mass is 10.3. The molecular formula is C16H12ClN3OS. The number of carbonyl (C=O) groups excluding carboxylic acids is 1. The highest BCUT2D eigenvalue weighted by Gasteiger charge is 2.01. The fourth-order valence-electron chi connectivity index (χ4n) is 1.87. The summed E-state index contributed by atoms with van der Waals surface area (Å²) >= 11 is 7.26. The Morgan fingerprint density at radius 2 is 2.14 bits per heavy atom. The van der Waals surface area contributed by atoms with Crippen LogP contribution in [0.1, 0.15) is 10.6 Å². The minimum atomic E-state index is -0.172. The number of thiazole rings is 1. The van der Waals surface area contributed by atoms with E-state index in [9.17, 15) is 4.79 Å². The van der Waals surface area contributed by atoms with Crippen molar-refractivity contribution in [2.24, 2.45) is 0 Å². The number of fused-ring (bicyclic) bond motifs is 1. The number of hydrogen-bond donors (Lipinski definition) is 1. The van der Waals surface area contributed by atoms with Gasteiger partial charge < -0.3 is 5.32 Å². The second-order valence-corrected chi connectivity index (χ2v) is 6.01. The first kappa shape index (κ1) is 14.7. The quantitative estimate of drug-likeness (QED) is 0.587. The van der Waals surface area contributed by atoms with Crippen molar-refractivity contribution in [2.75, 3.05) is 0 Å². The Balaban J connectivity index is 1.59. The van der Waals surface area contributed by atoms with Gasteiger partial charge in [0.2, 0.25) is 5.91 Å². The molecule has 2 heterocycles. The van der Waals surface area contributed by atoms with Crippen molar-refractivity contribution < 1.29 is 4.79 Å². The smallest absolute Gasteiger partial charge is 0.244 e. The number of rotatable bonds is 4. The van der Waals surface area contributed by atoms with E-state index in [-0.39, 0.29) is 5.91 Å². The summed E-state index contributed by atoms with van der Waals surface area (Å²) in [6.45, 7) is 0.410. The van der Waals surface area contributed by atoms with Gasteiger partial charge >= 0.3 is 0 Å². The summed E-state index contributed by atoms with van der Waals surface area (Å²) in [5, 5.41) is 4.04. The second-order valence-electron chi connectivity index (χ2n) is 4.56. The number of pyridine rings is 1. The van der Waals surface area contributed by atoms with Crippen molar-refractivity contribution in [1.82, 2.24) is 15.3 Å². The van der Waals surface area contributed by atoms with Gasteiger partial charge in [0.1, 0.15) is 10.2 Å². The standard InChI is InChI=1S/C16H12ClN3OS/c17-14-6-5-11(9-18-14)10-19-15(21)7-8-16-20-12-3-1-2-4-13(12)22-16/h1-9H,10H2,(H,19,21). The van der Waals surface area contributed by atoms with Gasteiger partial charge in [-0.05, 0) is 29.8 Å². The predicted molar refractivity (Wildman–Crippen MR) is 89.7 cm³/mol. The molecule has 1 N–H and O–H groups in total. The highest BCUT2D eigenvalue weighted by molar-refractivity contribution is 7.19.